The highest BCUT2D eigenvalue weighted by molar-refractivity contribution is 6.06. The fourth-order valence-corrected chi connectivity index (χ4v) is 7.26. The van der Waals surface area contributed by atoms with Gasteiger partial charge in [-0.1, -0.05) is 54.6 Å². The Kier molecular flexibility index (Phi) is 4.70. The van der Waals surface area contributed by atoms with E-state index in [0.717, 1.165) is 16.7 Å². The molecule has 2 bridgehead atoms. The summed E-state index contributed by atoms with van der Waals surface area (Å²) in [4.78, 5) is 29.6. The van der Waals surface area contributed by atoms with Crippen molar-refractivity contribution in [1.82, 2.24) is 4.90 Å². The van der Waals surface area contributed by atoms with E-state index in [4.69, 9.17) is 9.47 Å². The minimum absolute atomic E-state index is 0.105. The Hall–Kier alpha value is -3.90. The summed E-state index contributed by atoms with van der Waals surface area (Å²) in [7, 11) is 1.59. The van der Waals surface area contributed by atoms with Gasteiger partial charge in [0, 0.05) is 29.7 Å². The van der Waals surface area contributed by atoms with Crippen LogP contribution in [0.1, 0.15) is 39.9 Å². The van der Waals surface area contributed by atoms with Crippen molar-refractivity contribution in [1.29, 1.82) is 0 Å². The molecule has 7 rings (SSSR count). The van der Waals surface area contributed by atoms with Gasteiger partial charge in [-0.3, -0.25) is 9.59 Å². The van der Waals surface area contributed by atoms with E-state index in [2.05, 4.69) is 0 Å². The van der Waals surface area contributed by atoms with Gasteiger partial charge in [0.15, 0.2) is 23.4 Å². The van der Waals surface area contributed by atoms with Crippen LogP contribution >= 0.6 is 0 Å². The molecule has 6 nitrogen and oxygen atoms in total. The molecule has 1 saturated heterocycles. The lowest BCUT2D eigenvalue weighted by molar-refractivity contribution is -0.172. The van der Waals surface area contributed by atoms with Crippen molar-refractivity contribution < 1.29 is 24.2 Å². The third-order valence-corrected chi connectivity index (χ3v) is 8.85. The van der Waals surface area contributed by atoms with Crippen LogP contribution in [0.5, 0.6) is 11.5 Å². The molecule has 3 aromatic rings. The number of piperidine rings is 1. The highest BCUT2D eigenvalue weighted by atomic mass is 16.5. The van der Waals surface area contributed by atoms with E-state index in [1.54, 1.807) is 7.11 Å². The molecule has 0 unspecified atom stereocenters. The minimum atomic E-state index is -1.38. The van der Waals surface area contributed by atoms with Crippen LogP contribution in [0.4, 0.5) is 0 Å². The molecule has 0 radical (unpaired) electrons. The first-order valence-corrected chi connectivity index (χ1v) is 12.7. The topological polar surface area (TPSA) is 76.1 Å². The number of hydrogen-bond acceptors (Lipinski definition) is 5. The van der Waals surface area contributed by atoms with Crippen molar-refractivity contribution in [2.75, 3.05) is 13.7 Å². The van der Waals surface area contributed by atoms with E-state index in [0.29, 0.717) is 42.0 Å². The number of benzene rings is 3. The molecule has 2 aliphatic heterocycles. The molecule has 1 N–H and O–H groups in total. The first kappa shape index (κ1) is 22.3. The largest absolute Gasteiger partial charge is 0.493 e. The third-order valence-electron chi connectivity index (χ3n) is 8.85. The number of nitrogens with zero attached hydrogens (tertiary/aromatic N) is 1. The zero-order valence-corrected chi connectivity index (χ0v) is 20.5. The van der Waals surface area contributed by atoms with Crippen LogP contribution in [-0.2, 0) is 16.6 Å². The molecule has 4 aliphatic rings. The van der Waals surface area contributed by atoms with E-state index >= 15 is 0 Å². The number of likely N-dealkylation sites (tertiary alicyclic amines) is 1. The Bertz CT molecular complexity index is 1470. The second-order valence-corrected chi connectivity index (χ2v) is 10.5. The first-order chi connectivity index (χ1) is 18.0. The van der Waals surface area contributed by atoms with Gasteiger partial charge in [-0.25, -0.2) is 0 Å². The summed E-state index contributed by atoms with van der Waals surface area (Å²) in [6.45, 7) is 0.432. The second-order valence-electron chi connectivity index (χ2n) is 10.5. The monoisotopic (exact) mass is 493 g/mol. The van der Waals surface area contributed by atoms with Crippen molar-refractivity contribution in [3.63, 3.8) is 0 Å². The number of ether oxygens (including phenoxy) is 2. The van der Waals surface area contributed by atoms with Gasteiger partial charge in [-0.05, 0) is 48.2 Å². The summed E-state index contributed by atoms with van der Waals surface area (Å²) in [5.74, 6) is 0.903. The highest BCUT2D eigenvalue weighted by Gasteiger charge is 2.74. The molecule has 3 aromatic carbocycles. The van der Waals surface area contributed by atoms with Crippen molar-refractivity contribution in [3.05, 3.63) is 101 Å². The molecular formula is C31H27NO5. The lowest BCUT2D eigenvalue weighted by Gasteiger charge is -2.62. The number of Topliss-reactive ketones (excluding diaryl/α,β-unsaturated/α-hetero) is 1. The third kappa shape index (κ3) is 2.85. The van der Waals surface area contributed by atoms with Gasteiger partial charge in [-0.15, -0.1) is 0 Å². The van der Waals surface area contributed by atoms with Crippen molar-refractivity contribution in [2.24, 2.45) is 0 Å². The summed E-state index contributed by atoms with van der Waals surface area (Å²) < 4.78 is 12.1. The van der Waals surface area contributed by atoms with Crippen LogP contribution in [0.2, 0.25) is 0 Å². The maximum absolute atomic E-state index is 14.0. The van der Waals surface area contributed by atoms with Gasteiger partial charge in [-0.2, -0.15) is 0 Å². The van der Waals surface area contributed by atoms with Gasteiger partial charge in [0.2, 0.25) is 0 Å². The van der Waals surface area contributed by atoms with E-state index in [1.807, 2.05) is 83.8 Å². The van der Waals surface area contributed by atoms with Gasteiger partial charge in [0.25, 0.3) is 5.91 Å². The van der Waals surface area contributed by atoms with Gasteiger partial charge in [0.1, 0.15) is 5.60 Å². The predicted molar refractivity (Wildman–Crippen MR) is 138 cm³/mol. The minimum Gasteiger partial charge on any atom is -0.493 e. The lowest BCUT2D eigenvalue weighted by atomic mass is 9.48. The highest BCUT2D eigenvalue weighted by Crippen LogP contribution is 2.65. The smallest absolute Gasteiger partial charge is 0.254 e. The number of hydrogen-bond donors (Lipinski definition) is 1. The fraction of sp³-hybridized carbons (Fsp3) is 0.290. The number of amides is 1. The summed E-state index contributed by atoms with van der Waals surface area (Å²) in [5, 5.41) is 12.8. The summed E-state index contributed by atoms with van der Waals surface area (Å²) in [6.07, 6.45) is 2.04. The number of rotatable bonds is 3. The van der Waals surface area contributed by atoms with E-state index in [9.17, 15) is 14.7 Å². The SMILES string of the molecule is COc1ccc2c3c1O[C@H]1C(=O)/C(=C/c4ccccc4)C[C@@]4(O)[C@@H](C2)N(C(=O)c2ccccc2)CC[C@]314. The molecule has 2 heterocycles. The molecule has 0 aromatic heterocycles. The normalized spacial score (nSPS) is 30.1. The molecule has 186 valence electrons. The predicted octanol–water partition coefficient (Wildman–Crippen LogP) is 3.95. The van der Waals surface area contributed by atoms with Crippen LogP contribution < -0.4 is 9.47 Å². The molecule has 2 aliphatic carbocycles. The average Bonchev–Trinajstić information content (AvgIpc) is 3.27. The molecule has 1 saturated carbocycles. The number of carbonyl (C=O) groups is 2. The van der Waals surface area contributed by atoms with Crippen molar-refractivity contribution in [3.8, 4) is 11.5 Å². The molecular weight excluding hydrogens is 466 g/mol. The van der Waals surface area contributed by atoms with Crippen LogP contribution in [0.15, 0.2) is 78.4 Å². The van der Waals surface area contributed by atoms with Crippen LogP contribution in [0, 0.1) is 0 Å². The van der Waals surface area contributed by atoms with E-state index in [-0.39, 0.29) is 18.1 Å². The van der Waals surface area contributed by atoms with Crippen LogP contribution in [0.25, 0.3) is 6.08 Å². The fourth-order valence-electron chi connectivity index (χ4n) is 7.26. The summed E-state index contributed by atoms with van der Waals surface area (Å²) >= 11 is 0. The molecule has 6 heteroatoms. The van der Waals surface area contributed by atoms with Crippen LogP contribution in [-0.4, -0.2) is 53.1 Å². The second kappa shape index (κ2) is 7.80. The Balaban J connectivity index is 1.42. The number of carbonyl (C=O) groups excluding carboxylic acids is 2. The summed E-state index contributed by atoms with van der Waals surface area (Å²) in [5.41, 5.74) is 1.57. The molecule has 2 fully saturated rings. The van der Waals surface area contributed by atoms with E-state index in [1.165, 1.54) is 0 Å². The standard InChI is InChI=1S/C31H27NO5/c1-36-23-13-12-21-17-24-31(35)18-22(16-19-8-4-2-5-9-19)26(33)28-30(31,25(21)27(23)37-28)14-15-32(24)29(34)20-10-6-3-7-11-20/h2-13,16,24,28,35H,14-15,17-18H2,1H3/b22-16+/t24-,28+,30+,31-/m1/s1. The Labute approximate surface area is 215 Å². The maximum Gasteiger partial charge on any atom is 0.254 e. The quantitative estimate of drug-likeness (QED) is 0.559. The molecule has 1 amide bonds. The van der Waals surface area contributed by atoms with Crippen LogP contribution in [0.3, 0.4) is 0 Å². The van der Waals surface area contributed by atoms with E-state index < -0.39 is 23.2 Å². The Morgan fingerprint density at radius 1 is 1.08 bits per heavy atom. The van der Waals surface area contributed by atoms with Crippen molar-refractivity contribution >= 4 is 17.8 Å². The average molecular weight is 494 g/mol. The molecule has 1 spiro atoms. The Morgan fingerprint density at radius 3 is 2.54 bits per heavy atom. The first-order valence-electron chi connectivity index (χ1n) is 12.7. The maximum atomic E-state index is 14.0. The molecule has 37 heavy (non-hydrogen) atoms. The van der Waals surface area contributed by atoms with Gasteiger partial charge in [0.05, 0.1) is 18.6 Å². The van der Waals surface area contributed by atoms with Crippen molar-refractivity contribution in [2.45, 2.75) is 42.4 Å². The number of ketones is 1. The van der Waals surface area contributed by atoms with Gasteiger partial charge >= 0.3 is 0 Å². The zero-order valence-electron chi connectivity index (χ0n) is 20.5. The van der Waals surface area contributed by atoms with Gasteiger partial charge < -0.3 is 19.5 Å². The summed E-state index contributed by atoms with van der Waals surface area (Å²) in [6, 6.07) is 22.2. The number of methoxy groups -OCH3 is 1. The zero-order chi connectivity index (χ0) is 25.4. The number of aliphatic hydroxyl groups is 1. The molecule has 4 atom stereocenters. The Morgan fingerprint density at radius 2 is 1.81 bits per heavy atom. The lowest BCUT2D eigenvalue weighted by Crippen LogP contribution is -2.77.